The summed E-state index contributed by atoms with van der Waals surface area (Å²) in [5, 5.41) is 4.05. The first-order valence-corrected chi connectivity index (χ1v) is 12.0. The van der Waals surface area contributed by atoms with Crippen LogP contribution in [0.5, 0.6) is 5.75 Å². The summed E-state index contributed by atoms with van der Waals surface area (Å²) in [7, 11) is 0. The average Bonchev–Trinajstić information content (AvgIpc) is 3.21. The van der Waals surface area contributed by atoms with Crippen molar-refractivity contribution in [3.8, 4) is 5.75 Å². The number of amides is 1. The highest BCUT2D eigenvalue weighted by molar-refractivity contribution is 9.10. The Balaban J connectivity index is 1.25. The third-order valence-corrected chi connectivity index (χ3v) is 6.89. The Morgan fingerprint density at radius 2 is 1.97 bits per heavy atom. The number of fused-ring (bicyclic) bond motifs is 1. The highest BCUT2D eigenvalue weighted by Crippen LogP contribution is 2.29. The van der Waals surface area contributed by atoms with Crippen LogP contribution in [0.2, 0.25) is 0 Å². The molecule has 8 heteroatoms. The van der Waals surface area contributed by atoms with Gasteiger partial charge in [0.15, 0.2) is 4.34 Å². The van der Waals surface area contributed by atoms with Gasteiger partial charge in [0.2, 0.25) is 0 Å². The van der Waals surface area contributed by atoms with Crippen molar-refractivity contribution in [2.45, 2.75) is 10.9 Å². The van der Waals surface area contributed by atoms with Crippen LogP contribution in [-0.4, -0.2) is 22.9 Å². The number of ether oxygens (including phenoxy) is 1. The van der Waals surface area contributed by atoms with Crippen molar-refractivity contribution in [1.29, 1.82) is 0 Å². The molecule has 3 aromatic carbocycles. The van der Waals surface area contributed by atoms with E-state index >= 15 is 0 Å². The molecule has 0 saturated carbocycles. The minimum Gasteiger partial charge on any atom is -0.489 e. The van der Waals surface area contributed by atoms with Crippen LogP contribution in [0, 0.1) is 0 Å². The number of carbonyl (C=O) groups is 1. The largest absolute Gasteiger partial charge is 0.489 e. The third-order valence-electron chi connectivity index (χ3n) is 4.18. The molecule has 1 heterocycles. The summed E-state index contributed by atoms with van der Waals surface area (Å²) in [6.07, 6.45) is 1.60. The lowest BCUT2D eigenvalue weighted by molar-refractivity contribution is -0.118. The Kier molecular flexibility index (Phi) is 7.35. The Labute approximate surface area is 196 Å². The second-order valence-electron chi connectivity index (χ2n) is 6.52. The van der Waals surface area contributed by atoms with Crippen molar-refractivity contribution >= 4 is 61.4 Å². The topological polar surface area (TPSA) is 63.6 Å². The zero-order chi connectivity index (χ0) is 21.5. The Morgan fingerprint density at radius 1 is 1.13 bits per heavy atom. The van der Waals surface area contributed by atoms with E-state index in [-0.39, 0.29) is 11.7 Å². The lowest BCUT2D eigenvalue weighted by atomic mass is 10.2. The van der Waals surface area contributed by atoms with Crippen molar-refractivity contribution in [2.24, 2.45) is 5.10 Å². The number of halogens is 1. The maximum Gasteiger partial charge on any atom is 0.250 e. The van der Waals surface area contributed by atoms with E-state index in [4.69, 9.17) is 4.74 Å². The highest BCUT2D eigenvalue weighted by Gasteiger charge is 2.07. The lowest BCUT2D eigenvalue weighted by Gasteiger charge is -2.07. The normalized spacial score (nSPS) is 11.1. The second kappa shape index (κ2) is 10.6. The monoisotopic (exact) mass is 511 g/mol. The summed E-state index contributed by atoms with van der Waals surface area (Å²) in [4.78, 5) is 16.6. The standard InChI is InChI=1S/C23H18BrN3O2S2/c24-18-10-8-16(9-11-18)14-29-19-5-3-4-17(12-19)13-25-27-22(28)15-30-23-26-20-6-1-2-7-21(20)31-23/h1-13H,14-15H2,(H,27,28)/b25-13-. The smallest absolute Gasteiger partial charge is 0.250 e. The van der Waals surface area contributed by atoms with Crippen molar-refractivity contribution < 1.29 is 9.53 Å². The van der Waals surface area contributed by atoms with Crippen molar-refractivity contribution in [1.82, 2.24) is 10.4 Å². The van der Waals surface area contributed by atoms with Gasteiger partial charge in [-0.2, -0.15) is 5.10 Å². The van der Waals surface area contributed by atoms with Gasteiger partial charge >= 0.3 is 0 Å². The molecular formula is C23H18BrN3O2S2. The third kappa shape index (κ3) is 6.40. The van der Waals surface area contributed by atoms with Crippen LogP contribution < -0.4 is 10.2 Å². The Bertz CT molecular complexity index is 1180. The molecule has 0 spiro atoms. The van der Waals surface area contributed by atoms with Crippen LogP contribution in [0.4, 0.5) is 0 Å². The lowest BCUT2D eigenvalue weighted by Crippen LogP contribution is -2.19. The van der Waals surface area contributed by atoms with Crippen molar-refractivity contribution in [3.05, 3.63) is 88.4 Å². The van der Waals surface area contributed by atoms with E-state index in [1.54, 1.807) is 17.6 Å². The van der Waals surface area contributed by atoms with Crippen LogP contribution in [-0.2, 0) is 11.4 Å². The number of thioether (sulfide) groups is 1. The molecule has 1 amide bonds. The fraction of sp³-hybridized carbons (Fsp3) is 0.0870. The van der Waals surface area contributed by atoms with E-state index in [1.807, 2.05) is 72.8 Å². The van der Waals surface area contributed by atoms with E-state index in [9.17, 15) is 4.79 Å². The van der Waals surface area contributed by atoms with E-state index in [0.29, 0.717) is 6.61 Å². The predicted octanol–water partition coefficient (Wildman–Crippen LogP) is 5.88. The first-order chi connectivity index (χ1) is 15.2. The predicted molar refractivity (Wildman–Crippen MR) is 131 cm³/mol. The molecule has 31 heavy (non-hydrogen) atoms. The maximum atomic E-state index is 12.1. The molecule has 5 nitrogen and oxygen atoms in total. The van der Waals surface area contributed by atoms with Gasteiger partial charge in [0.25, 0.3) is 5.91 Å². The van der Waals surface area contributed by atoms with E-state index < -0.39 is 0 Å². The molecule has 0 aliphatic rings. The van der Waals surface area contributed by atoms with Gasteiger partial charge in [-0.1, -0.05) is 64.1 Å². The molecule has 0 saturated heterocycles. The summed E-state index contributed by atoms with van der Waals surface area (Å²) < 4.78 is 8.86. The van der Waals surface area contributed by atoms with Crippen LogP contribution in [0.1, 0.15) is 11.1 Å². The van der Waals surface area contributed by atoms with E-state index in [2.05, 4.69) is 31.4 Å². The number of nitrogens with one attached hydrogen (secondary N) is 1. The molecule has 0 aliphatic heterocycles. The van der Waals surface area contributed by atoms with Gasteiger partial charge in [-0.3, -0.25) is 4.79 Å². The Morgan fingerprint density at radius 3 is 2.81 bits per heavy atom. The quantitative estimate of drug-likeness (QED) is 0.182. The SMILES string of the molecule is O=C(CSc1nc2ccccc2s1)N/N=C\c1cccc(OCc2ccc(Br)cc2)c1. The molecule has 156 valence electrons. The van der Waals surface area contributed by atoms with Gasteiger partial charge in [0.05, 0.1) is 22.2 Å². The summed E-state index contributed by atoms with van der Waals surface area (Å²) in [5.41, 5.74) is 5.44. The van der Waals surface area contributed by atoms with Crippen LogP contribution in [0.25, 0.3) is 10.2 Å². The average molecular weight is 512 g/mol. The number of hydrogen-bond donors (Lipinski definition) is 1. The van der Waals surface area contributed by atoms with Crippen LogP contribution in [0.15, 0.2) is 86.7 Å². The molecule has 0 fully saturated rings. The molecular weight excluding hydrogens is 494 g/mol. The molecule has 0 bridgehead atoms. The minimum absolute atomic E-state index is 0.178. The van der Waals surface area contributed by atoms with Gasteiger partial charge in [0, 0.05) is 4.47 Å². The number of benzene rings is 3. The minimum atomic E-state index is -0.178. The van der Waals surface area contributed by atoms with Gasteiger partial charge in [-0.25, -0.2) is 10.4 Å². The number of carbonyl (C=O) groups excluding carboxylic acids is 1. The van der Waals surface area contributed by atoms with Crippen LogP contribution >= 0.6 is 39.0 Å². The zero-order valence-corrected chi connectivity index (χ0v) is 19.5. The fourth-order valence-electron chi connectivity index (χ4n) is 2.68. The molecule has 4 rings (SSSR count). The van der Waals surface area contributed by atoms with E-state index in [0.717, 1.165) is 35.9 Å². The Hall–Kier alpha value is -2.68. The molecule has 0 radical (unpaired) electrons. The first-order valence-electron chi connectivity index (χ1n) is 9.43. The summed E-state index contributed by atoms with van der Waals surface area (Å²) in [5.74, 6) is 0.820. The number of para-hydroxylation sites is 1. The van der Waals surface area contributed by atoms with Crippen molar-refractivity contribution in [2.75, 3.05) is 5.75 Å². The number of thiazole rings is 1. The number of nitrogens with zero attached hydrogens (tertiary/aromatic N) is 2. The molecule has 1 aromatic heterocycles. The van der Waals surface area contributed by atoms with Gasteiger partial charge in [0.1, 0.15) is 12.4 Å². The summed E-state index contributed by atoms with van der Waals surface area (Å²) >= 11 is 6.41. The van der Waals surface area contributed by atoms with Gasteiger partial charge in [-0.05, 0) is 47.5 Å². The zero-order valence-electron chi connectivity index (χ0n) is 16.3. The number of aromatic nitrogens is 1. The van der Waals surface area contributed by atoms with Gasteiger partial charge < -0.3 is 4.74 Å². The molecule has 0 aliphatic carbocycles. The van der Waals surface area contributed by atoms with Crippen molar-refractivity contribution in [3.63, 3.8) is 0 Å². The molecule has 0 atom stereocenters. The maximum absolute atomic E-state index is 12.1. The summed E-state index contributed by atoms with van der Waals surface area (Å²) in [6, 6.07) is 23.5. The first kappa shape index (κ1) is 21.5. The van der Waals surface area contributed by atoms with Crippen LogP contribution in [0.3, 0.4) is 0 Å². The molecule has 0 unspecified atom stereocenters. The molecule has 4 aromatic rings. The fourth-order valence-corrected chi connectivity index (χ4v) is 4.81. The summed E-state index contributed by atoms with van der Waals surface area (Å²) in [6.45, 7) is 0.480. The van der Waals surface area contributed by atoms with E-state index in [1.165, 1.54) is 11.8 Å². The number of hydrogen-bond acceptors (Lipinski definition) is 6. The van der Waals surface area contributed by atoms with Gasteiger partial charge in [-0.15, -0.1) is 11.3 Å². The number of rotatable bonds is 8. The second-order valence-corrected chi connectivity index (χ2v) is 9.69. The number of hydrazone groups is 1. The highest BCUT2D eigenvalue weighted by atomic mass is 79.9. The molecule has 1 N–H and O–H groups in total.